The maximum atomic E-state index is 5.04. The Morgan fingerprint density at radius 1 is 1.10 bits per heavy atom. The van der Waals surface area contributed by atoms with Crippen molar-refractivity contribution in [2.75, 3.05) is 13.2 Å². The maximum absolute atomic E-state index is 5.04. The van der Waals surface area contributed by atoms with E-state index in [1.54, 1.807) is 0 Å². The Morgan fingerprint density at radius 2 is 1.70 bits per heavy atom. The van der Waals surface area contributed by atoms with Crippen LogP contribution in [-0.4, -0.2) is 19.5 Å². The summed E-state index contributed by atoms with van der Waals surface area (Å²) in [6.45, 7) is 1.16. The third kappa shape index (κ3) is 0.955. The molecule has 0 amide bonds. The van der Waals surface area contributed by atoms with Crippen LogP contribution in [-0.2, 0) is 18.9 Å². The molecule has 4 nitrogen and oxygen atoms in total. The van der Waals surface area contributed by atoms with Gasteiger partial charge in [-0.3, -0.25) is 0 Å². The van der Waals surface area contributed by atoms with Gasteiger partial charge in [-0.1, -0.05) is 0 Å². The second-order valence-corrected chi connectivity index (χ2v) is 1.89. The van der Waals surface area contributed by atoms with E-state index in [-0.39, 0.29) is 0 Å². The molecule has 1 radical (unpaired) electrons. The van der Waals surface area contributed by atoms with Gasteiger partial charge >= 0.3 is 6.29 Å². The Bertz CT molecular complexity index is 131. The third-order valence-corrected chi connectivity index (χ3v) is 1.22. The molecule has 0 aromatic rings. The van der Waals surface area contributed by atoms with E-state index in [1.165, 1.54) is 12.5 Å². The van der Waals surface area contributed by atoms with E-state index >= 15 is 0 Å². The van der Waals surface area contributed by atoms with E-state index in [2.05, 4.69) is 0 Å². The molecule has 0 spiro atoms. The molecular formula is C6H7O4. The van der Waals surface area contributed by atoms with Gasteiger partial charge in [0, 0.05) is 0 Å². The lowest BCUT2D eigenvalue weighted by molar-refractivity contribution is -0.119. The summed E-state index contributed by atoms with van der Waals surface area (Å²) >= 11 is 0. The molecule has 0 N–H and O–H groups in total. The summed E-state index contributed by atoms with van der Waals surface area (Å²) in [7, 11) is 0. The van der Waals surface area contributed by atoms with Gasteiger partial charge in [-0.05, 0) is 0 Å². The molecule has 4 heteroatoms. The van der Waals surface area contributed by atoms with Gasteiger partial charge in [0.2, 0.25) is 0 Å². The van der Waals surface area contributed by atoms with Gasteiger partial charge in [-0.25, -0.2) is 0 Å². The van der Waals surface area contributed by atoms with E-state index in [4.69, 9.17) is 18.9 Å². The minimum Gasteiger partial charge on any atom is -0.454 e. The molecule has 1 saturated heterocycles. The Kier molecular flexibility index (Phi) is 1.49. The fraction of sp³-hybridized carbons (Fsp3) is 0.500. The highest BCUT2D eigenvalue weighted by atomic mass is 16.8. The average molecular weight is 143 g/mol. The fourth-order valence-corrected chi connectivity index (χ4v) is 0.812. The molecule has 0 saturated carbocycles. The lowest BCUT2D eigenvalue weighted by Gasteiger charge is -2.12. The van der Waals surface area contributed by atoms with Crippen LogP contribution in [0.3, 0.4) is 0 Å². The molecule has 2 aliphatic rings. The third-order valence-electron chi connectivity index (χ3n) is 1.22. The zero-order chi connectivity index (χ0) is 6.81. The van der Waals surface area contributed by atoms with Crippen LogP contribution in [0.1, 0.15) is 0 Å². The molecule has 0 aromatic carbocycles. The predicted octanol–water partition coefficient (Wildman–Crippen LogP) is 0.367. The SMILES string of the molecule is C1=COC([C]2OCCO2)O1. The smallest absolute Gasteiger partial charge is 0.308 e. The summed E-state index contributed by atoms with van der Waals surface area (Å²) in [5.41, 5.74) is 0. The minimum absolute atomic E-state index is 0.421. The van der Waals surface area contributed by atoms with Crippen LogP contribution in [0.15, 0.2) is 12.5 Å². The van der Waals surface area contributed by atoms with Crippen LogP contribution < -0.4 is 0 Å². The second-order valence-electron chi connectivity index (χ2n) is 1.89. The molecule has 0 bridgehead atoms. The van der Waals surface area contributed by atoms with E-state index < -0.39 is 6.29 Å². The van der Waals surface area contributed by atoms with Crippen molar-refractivity contribution in [1.82, 2.24) is 0 Å². The minimum atomic E-state index is -0.484. The van der Waals surface area contributed by atoms with Gasteiger partial charge in [0.25, 0.3) is 6.29 Å². The van der Waals surface area contributed by atoms with Crippen molar-refractivity contribution in [1.29, 1.82) is 0 Å². The first-order chi connectivity index (χ1) is 4.97. The molecule has 0 unspecified atom stereocenters. The molecule has 2 aliphatic heterocycles. The highest BCUT2D eigenvalue weighted by molar-refractivity contribution is 4.83. The van der Waals surface area contributed by atoms with E-state index in [0.29, 0.717) is 19.5 Å². The monoisotopic (exact) mass is 143 g/mol. The summed E-state index contributed by atoms with van der Waals surface area (Å²) in [6.07, 6.45) is 2.86. The van der Waals surface area contributed by atoms with Crippen molar-refractivity contribution in [2.24, 2.45) is 0 Å². The van der Waals surface area contributed by atoms with Crippen molar-refractivity contribution in [3.63, 3.8) is 0 Å². The van der Waals surface area contributed by atoms with Crippen molar-refractivity contribution >= 4 is 0 Å². The number of ether oxygens (including phenoxy) is 4. The highest BCUT2D eigenvalue weighted by Crippen LogP contribution is 2.23. The maximum Gasteiger partial charge on any atom is 0.308 e. The van der Waals surface area contributed by atoms with Gasteiger partial charge in [0.1, 0.15) is 12.5 Å². The summed E-state index contributed by atoms with van der Waals surface area (Å²) < 4.78 is 20.0. The normalized spacial score (nSPS) is 26.8. The Hall–Kier alpha value is -0.740. The Morgan fingerprint density at radius 3 is 2.30 bits per heavy atom. The number of hydrogen-bond donors (Lipinski definition) is 0. The summed E-state index contributed by atoms with van der Waals surface area (Å²) in [5.74, 6) is 0. The van der Waals surface area contributed by atoms with Gasteiger partial charge in [0.15, 0.2) is 0 Å². The van der Waals surface area contributed by atoms with Gasteiger partial charge < -0.3 is 18.9 Å². The first kappa shape index (κ1) is 6.00. The van der Waals surface area contributed by atoms with Crippen LogP contribution in [0.5, 0.6) is 0 Å². The molecule has 0 atom stereocenters. The standard InChI is InChI=1S/C6H7O4/c1-2-8-5(7-1)6-9-3-4-10-6/h1-2,5H,3-4H2. The van der Waals surface area contributed by atoms with Gasteiger partial charge in [-0.15, -0.1) is 0 Å². The molecule has 55 valence electrons. The van der Waals surface area contributed by atoms with Crippen molar-refractivity contribution in [3.8, 4) is 0 Å². The first-order valence-corrected chi connectivity index (χ1v) is 3.05. The van der Waals surface area contributed by atoms with E-state index in [9.17, 15) is 0 Å². The van der Waals surface area contributed by atoms with E-state index in [1.807, 2.05) is 0 Å². The molecule has 10 heavy (non-hydrogen) atoms. The molecule has 1 fully saturated rings. The molecule has 2 rings (SSSR count). The Balaban J connectivity index is 1.87. The zero-order valence-electron chi connectivity index (χ0n) is 5.28. The lowest BCUT2D eigenvalue weighted by atomic mass is 10.6. The Labute approximate surface area is 58.3 Å². The fourth-order valence-electron chi connectivity index (χ4n) is 0.812. The highest BCUT2D eigenvalue weighted by Gasteiger charge is 2.33. The van der Waals surface area contributed by atoms with E-state index in [0.717, 1.165) is 0 Å². The van der Waals surface area contributed by atoms with Gasteiger partial charge in [-0.2, -0.15) is 0 Å². The van der Waals surface area contributed by atoms with Crippen LogP contribution in [0.25, 0.3) is 0 Å². The number of rotatable bonds is 1. The molecule has 0 aromatic heterocycles. The van der Waals surface area contributed by atoms with Gasteiger partial charge in [0.05, 0.1) is 13.2 Å². The zero-order valence-corrected chi connectivity index (χ0v) is 5.28. The first-order valence-electron chi connectivity index (χ1n) is 3.05. The van der Waals surface area contributed by atoms with Crippen LogP contribution in [0, 0.1) is 6.29 Å². The van der Waals surface area contributed by atoms with Crippen molar-refractivity contribution < 1.29 is 18.9 Å². The average Bonchev–Trinajstić information content (AvgIpc) is 2.59. The van der Waals surface area contributed by atoms with Crippen LogP contribution >= 0.6 is 0 Å². The van der Waals surface area contributed by atoms with Crippen LogP contribution in [0.4, 0.5) is 0 Å². The molecular weight excluding hydrogens is 136 g/mol. The largest absolute Gasteiger partial charge is 0.454 e. The lowest BCUT2D eigenvalue weighted by Crippen LogP contribution is -2.19. The predicted molar refractivity (Wildman–Crippen MR) is 30.2 cm³/mol. The summed E-state index contributed by atoms with van der Waals surface area (Å²) in [4.78, 5) is 0. The topological polar surface area (TPSA) is 36.9 Å². The van der Waals surface area contributed by atoms with Crippen LogP contribution in [0.2, 0.25) is 0 Å². The quantitative estimate of drug-likeness (QED) is 0.531. The second kappa shape index (κ2) is 2.48. The number of hydrogen-bond acceptors (Lipinski definition) is 4. The molecule has 2 heterocycles. The summed E-state index contributed by atoms with van der Waals surface area (Å²) in [6, 6.07) is 0. The van der Waals surface area contributed by atoms with Crippen molar-refractivity contribution in [3.05, 3.63) is 18.8 Å². The molecule has 0 aliphatic carbocycles. The summed E-state index contributed by atoms with van der Waals surface area (Å²) in [5, 5.41) is 0. The van der Waals surface area contributed by atoms with Crippen molar-refractivity contribution in [2.45, 2.75) is 6.29 Å².